The molecule has 137 valence electrons. The van der Waals surface area contributed by atoms with E-state index in [1.807, 2.05) is 6.07 Å². The van der Waals surface area contributed by atoms with E-state index in [4.69, 9.17) is 0 Å². The molecule has 2 aromatic carbocycles. The van der Waals surface area contributed by atoms with Gasteiger partial charge in [-0.2, -0.15) is 0 Å². The lowest BCUT2D eigenvalue weighted by atomic mass is 10.0. The fraction of sp³-hybridized carbons (Fsp3) is 0.316. The van der Waals surface area contributed by atoms with Crippen molar-refractivity contribution in [3.05, 3.63) is 70.3 Å². The number of anilines is 1. The molecule has 1 atom stereocenters. The number of non-ortho nitro benzene ring substituents is 1. The molecule has 0 N–H and O–H groups in total. The Morgan fingerprint density at radius 1 is 1.04 bits per heavy atom. The predicted octanol–water partition coefficient (Wildman–Crippen LogP) is 4.09. The molecule has 0 aliphatic rings. The highest BCUT2D eigenvalue weighted by molar-refractivity contribution is 5.92. The van der Waals surface area contributed by atoms with Gasteiger partial charge >= 0.3 is 0 Å². The van der Waals surface area contributed by atoms with Crippen molar-refractivity contribution in [1.29, 1.82) is 0 Å². The van der Waals surface area contributed by atoms with Gasteiger partial charge in [-0.05, 0) is 38.5 Å². The van der Waals surface area contributed by atoms with Crippen LogP contribution in [0.2, 0.25) is 0 Å². The Morgan fingerprint density at radius 3 is 2.00 bits per heavy atom. The number of hydroxylamine groups is 2. The van der Waals surface area contributed by atoms with E-state index in [-0.39, 0.29) is 11.6 Å². The fourth-order valence-corrected chi connectivity index (χ4v) is 2.61. The van der Waals surface area contributed by atoms with Gasteiger partial charge in [-0.15, -0.1) is 10.3 Å². The molecule has 1 unspecified atom stereocenters. The zero-order valence-electron chi connectivity index (χ0n) is 15.2. The highest BCUT2D eigenvalue weighted by Crippen LogP contribution is 2.34. The average Bonchev–Trinajstić information content (AvgIpc) is 2.58. The van der Waals surface area contributed by atoms with Crippen molar-refractivity contribution in [1.82, 2.24) is 5.06 Å². The minimum Gasteiger partial charge on any atom is -0.290 e. The van der Waals surface area contributed by atoms with Gasteiger partial charge in [0.05, 0.1) is 4.92 Å². The molecule has 0 spiro atoms. The Balaban J connectivity index is 2.57. The molecule has 1 amide bonds. The van der Waals surface area contributed by atoms with E-state index in [9.17, 15) is 20.1 Å². The van der Waals surface area contributed by atoms with E-state index in [0.29, 0.717) is 11.3 Å². The molecule has 0 saturated heterocycles. The number of carbonyl (C=O) groups excluding carboxylic acids is 1. The first kappa shape index (κ1) is 19.6. The lowest BCUT2D eigenvalue weighted by Gasteiger charge is -2.40. The molecule has 2 aromatic rings. The molecular formula is C19H22N3O4. The summed E-state index contributed by atoms with van der Waals surface area (Å²) in [5.41, 5.74) is 0.242. The van der Waals surface area contributed by atoms with Crippen LogP contribution in [0.4, 0.5) is 11.4 Å². The summed E-state index contributed by atoms with van der Waals surface area (Å²) in [6.45, 7) is 6.67. The van der Waals surface area contributed by atoms with E-state index in [1.165, 1.54) is 36.1 Å². The number of benzene rings is 2. The molecule has 0 saturated carbocycles. The highest BCUT2D eigenvalue weighted by atomic mass is 16.6. The highest BCUT2D eigenvalue weighted by Gasteiger charge is 2.36. The van der Waals surface area contributed by atoms with Crippen LogP contribution in [-0.2, 0) is 10.0 Å². The van der Waals surface area contributed by atoms with Gasteiger partial charge in [-0.25, -0.2) is 0 Å². The molecule has 7 nitrogen and oxygen atoms in total. The van der Waals surface area contributed by atoms with Crippen LogP contribution in [0.1, 0.15) is 39.4 Å². The van der Waals surface area contributed by atoms with Gasteiger partial charge in [0.1, 0.15) is 6.17 Å². The van der Waals surface area contributed by atoms with Gasteiger partial charge in [-0.3, -0.25) is 19.8 Å². The van der Waals surface area contributed by atoms with Crippen LogP contribution in [0, 0.1) is 10.1 Å². The minimum absolute atomic E-state index is 0.0803. The standard InChI is InChI=1S/C19H22N3O4/c1-14(23)20(16-10-12-17(13-11-16)22(25)26)18(21(24)19(2,3)4)15-8-6-5-7-9-15/h5-13,18H,1-4H3. The molecule has 0 aliphatic carbocycles. The summed E-state index contributed by atoms with van der Waals surface area (Å²) in [7, 11) is 0. The molecule has 2 rings (SSSR count). The van der Waals surface area contributed by atoms with Gasteiger partial charge in [-0.1, -0.05) is 30.3 Å². The number of nitrogens with zero attached hydrogens (tertiary/aromatic N) is 3. The van der Waals surface area contributed by atoms with Crippen LogP contribution in [0.5, 0.6) is 0 Å². The molecule has 0 aromatic heterocycles. The number of carbonyl (C=O) groups is 1. The van der Waals surface area contributed by atoms with Crippen LogP contribution >= 0.6 is 0 Å². The van der Waals surface area contributed by atoms with Crippen LogP contribution in [0.15, 0.2) is 54.6 Å². The topological polar surface area (TPSA) is 86.6 Å². The van der Waals surface area contributed by atoms with Crippen molar-refractivity contribution in [2.75, 3.05) is 4.90 Å². The van der Waals surface area contributed by atoms with Gasteiger partial charge in [0.25, 0.3) is 5.69 Å². The third-order valence-corrected chi connectivity index (χ3v) is 3.90. The third kappa shape index (κ3) is 4.25. The predicted molar refractivity (Wildman–Crippen MR) is 97.7 cm³/mol. The average molecular weight is 356 g/mol. The number of rotatable bonds is 5. The Labute approximate surface area is 152 Å². The molecular weight excluding hydrogens is 334 g/mol. The van der Waals surface area contributed by atoms with Crippen molar-refractivity contribution in [2.24, 2.45) is 0 Å². The van der Waals surface area contributed by atoms with Gasteiger partial charge in [0, 0.05) is 30.3 Å². The quantitative estimate of drug-likeness (QED) is 0.458. The van der Waals surface area contributed by atoms with E-state index in [0.717, 1.165) is 5.06 Å². The monoisotopic (exact) mass is 356 g/mol. The van der Waals surface area contributed by atoms with E-state index >= 15 is 0 Å². The summed E-state index contributed by atoms with van der Waals surface area (Å²) in [6, 6.07) is 14.6. The van der Waals surface area contributed by atoms with Crippen LogP contribution in [0.3, 0.4) is 0 Å². The summed E-state index contributed by atoms with van der Waals surface area (Å²) < 4.78 is 0. The van der Waals surface area contributed by atoms with Crippen molar-refractivity contribution >= 4 is 17.3 Å². The molecule has 7 heteroatoms. The summed E-state index contributed by atoms with van der Waals surface area (Å²) in [4.78, 5) is 24.2. The summed E-state index contributed by atoms with van der Waals surface area (Å²) in [5, 5.41) is 24.8. The summed E-state index contributed by atoms with van der Waals surface area (Å²) in [6.07, 6.45) is -0.893. The molecule has 0 heterocycles. The van der Waals surface area contributed by atoms with Gasteiger partial charge in [0.15, 0.2) is 0 Å². The van der Waals surface area contributed by atoms with E-state index in [1.54, 1.807) is 45.0 Å². The van der Waals surface area contributed by atoms with E-state index in [2.05, 4.69) is 0 Å². The van der Waals surface area contributed by atoms with E-state index < -0.39 is 16.6 Å². The van der Waals surface area contributed by atoms with Gasteiger partial charge in [0.2, 0.25) is 5.91 Å². The lowest BCUT2D eigenvalue weighted by Crippen LogP contribution is -2.49. The van der Waals surface area contributed by atoms with Crippen molar-refractivity contribution in [3.63, 3.8) is 0 Å². The normalized spacial score (nSPS) is 12.7. The Morgan fingerprint density at radius 2 is 1.58 bits per heavy atom. The second-order valence-electron chi connectivity index (χ2n) is 6.94. The van der Waals surface area contributed by atoms with Crippen LogP contribution in [-0.4, -0.2) is 21.4 Å². The number of amides is 1. The number of hydrogen-bond acceptors (Lipinski definition) is 4. The number of hydrogen-bond donors (Lipinski definition) is 0. The zero-order chi connectivity index (χ0) is 19.5. The maximum Gasteiger partial charge on any atom is 0.269 e. The molecule has 1 radical (unpaired) electrons. The zero-order valence-corrected chi connectivity index (χ0v) is 15.2. The van der Waals surface area contributed by atoms with Crippen LogP contribution < -0.4 is 4.90 Å². The summed E-state index contributed by atoms with van der Waals surface area (Å²) >= 11 is 0. The number of nitro groups is 1. The third-order valence-electron chi connectivity index (χ3n) is 3.90. The first-order chi connectivity index (χ1) is 12.1. The number of nitro benzene ring substituents is 1. The first-order valence-electron chi connectivity index (χ1n) is 8.18. The Hall–Kier alpha value is -2.77. The summed E-state index contributed by atoms with van der Waals surface area (Å²) in [5.74, 6) is -0.335. The molecule has 0 bridgehead atoms. The molecule has 0 fully saturated rings. The Bertz CT molecular complexity index is 770. The van der Waals surface area contributed by atoms with Crippen molar-refractivity contribution in [2.45, 2.75) is 39.4 Å². The smallest absolute Gasteiger partial charge is 0.269 e. The second kappa shape index (κ2) is 7.63. The van der Waals surface area contributed by atoms with Crippen molar-refractivity contribution < 1.29 is 14.9 Å². The fourth-order valence-electron chi connectivity index (χ4n) is 2.61. The van der Waals surface area contributed by atoms with Crippen molar-refractivity contribution in [3.8, 4) is 0 Å². The second-order valence-corrected chi connectivity index (χ2v) is 6.94. The first-order valence-corrected chi connectivity index (χ1v) is 8.18. The maximum atomic E-state index is 13.1. The minimum atomic E-state index is -0.893. The maximum absolute atomic E-state index is 13.1. The van der Waals surface area contributed by atoms with Gasteiger partial charge < -0.3 is 0 Å². The van der Waals surface area contributed by atoms with Crippen LogP contribution in [0.25, 0.3) is 0 Å². The SMILES string of the molecule is CC(=O)N(c1ccc([N+](=O)[O-])cc1)C(c1ccccc1)N([O])C(C)(C)C. The molecule has 26 heavy (non-hydrogen) atoms. The Kier molecular flexibility index (Phi) is 5.74. The lowest BCUT2D eigenvalue weighted by molar-refractivity contribution is -0.384. The molecule has 0 aliphatic heterocycles. The largest absolute Gasteiger partial charge is 0.290 e.